The van der Waals surface area contributed by atoms with Crippen molar-refractivity contribution in [2.75, 3.05) is 39.8 Å². The zero-order valence-electron chi connectivity index (χ0n) is 11.6. The Morgan fingerprint density at radius 2 is 1.88 bits per heavy atom. The molecule has 2 aliphatic rings. The van der Waals surface area contributed by atoms with Crippen LogP contribution in [0.2, 0.25) is 0 Å². The van der Waals surface area contributed by atoms with Gasteiger partial charge in [-0.1, -0.05) is 6.92 Å². The highest BCUT2D eigenvalue weighted by Gasteiger charge is 2.30. The van der Waals surface area contributed by atoms with Crippen LogP contribution in [-0.2, 0) is 0 Å². The number of hydrogen-bond donors (Lipinski definition) is 1. The lowest BCUT2D eigenvalue weighted by atomic mass is 10.1. The van der Waals surface area contributed by atoms with E-state index >= 15 is 0 Å². The fraction of sp³-hybridized carbons (Fsp3) is 1.00. The van der Waals surface area contributed by atoms with Crippen LogP contribution in [0, 0.1) is 0 Å². The molecule has 17 heavy (non-hydrogen) atoms. The summed E-state index contributed by atoms with van der Waals surface area (Å²) in [6.45, 7) is 8.80. The van der Waals surface area contributed by atoms with Crippen LogP contribution < -0.4 is 5.32 Å². The maximum atomic E-state index is 3.39. The van der Waals surface area contributed by atoms with Gasteiger partial charge in [-0.15, -0.1) is 0 Å². The Kier molecular flexibility index (Phi) is 5.26. The second kappa shape index (κ2) is 6.72. The van der Waals surface area contributed by atoms with E-state index in [2.05, 4.69) is 29.1 Å². The van der Waals surface area contributed by atoms with Crippen LogP contribution in [-0.4, -0.2) is 61.7 Å². The Bertz CT molecular complexity index is 204. The molecule has 2 fully saturated rings. The predicted octanol–water partition coefficient (Wildman–Crippen LogP) is 1.54. The molecular weight excluding hydrogens is 210 g/mol. The number of nitrogens with zero attached hydrogens (tertiary/aromatic N) is 2. The number of rotatable bonds is 7. The smallest absolute Gasteiger partial charge is 0.0113 e. The molecule has 1 unspecified atom stereocenters. The van der Waals surface area contributed by atoms with E-state index in [1.54, 1.807) is 0 Å². The first-order chi connectivity index (χ1) is 8.33. The van der Waals surface area contributed by atoms with Crippen LogP contribution in [0.5, 0.6) is 0 Å². The van der Waals surface area contributed by atoms with Crippen molar-refractivity contribution in [2.45, 2.75) is 51.1 Å². The molecule has 1 aliphatic heterocycles. The van der Waals surface area contributed by atoms with E-state index in [0.29, 0.717) is 0 Å². The summed E-state index contributed by atoms with van der Waals surface area (Å²) < 4.78 is 0. The summed E-state index contributed by atoms with van der Waals surface area (Å²) in [6.07, 6.45) is 6.85. The zero-order chi connectivity index (χ0) is 12.1. The third-order valence-electron chi connectivity index (χ3n) is 4.40. The van der Waals surface area contributed by atoms with Crippen molar-refractivity contribution in [3.8, 4) is 0 Å². The minimum Gasteiger partial charge on any atom is -0.317 e. The lowest BCUT2D eigenvalue weighted by Crippen LogP contribution is -2.47. The van der Waals surface area contributed by atoms with Crippen LogP contribution in [0.15, 0.2) is 0 Å². The summed E-state index contributed by atoms with van der Waals surface area (Å²) in [4.78, 5) is 5.35. The van der Waals surface area contributed by atoms with E-state index in [1.165, 1.54) is 64.8 Å². The van der Waals surface area contributed by atoms with Gasteiger partial charge in [-0.2, -0.15) is 0 Å². The highest BCUT2D eigenvalue weighted by atomic mass is 15.3. The molecule has 0 aromatic heterocycles. The Morgan fingerprint density at radius 3 is 2.41 bits per heavy atom. The minimum absolute atomic E-state index is 0.725. The van der Waals surface area contributed by atoms with Gasteiger partial charge < -0.3 is 10.2 Å². The number of nitrogens with one attached hydrogen (secondary N) is 1. The van der Waals surface area contributed by atoms with E-state index in [1.807, 2.05) is 0 Å². The highest BCUT2D eigenvalue weighted by molar-refractivity contribution is 4.87. The summed E-state index contributed by atoms with van der Waals surface area (Å²) in [7, 11) is 2.09. The zero-order valence-corrected chi connectivity index (χ0v) is 11.6. The van der Waals surface area contributed by atoms with Gasteiger partial charge in [0, 0.05) is 38.3 Å². The van der Waals surface area contributed by atoms with Crippen LogP contribution in [0.3, 0.4) is 0 Å². The molecule has 0 aromatic rings. The molecule has 3 nitrogen and oxygen atoms in total. The van der Waals surface area contributed by atoms with E-state index in [-0.39, 0.29) is 0 Å². The van der Waals surface area contributed by atoms with Gasteiger partial charge in [0.15, 0.2) is 0 Å². The molecule has 0 bridgehead atoms. The Morgan fingerprint density at radius 1 is 1.18 bits per heavy atom. The molecule has 0 spiro atoms. The van der Waals surface area contributed by atoms with Crippen LogP contribution in [0.1, 0.15) is 39.0 Å². The summed E-state index contributed by atoms with van der Waals surface area (Å²) in [6, 6.07) is 1.69. The van der Waals surface area contributed by atoms with Crippen molar-refractivity contribution in [1.82, 2.24) is 15.1 Å². The molecule has 2 rings (SSSR count). The molecule has 0 aromatic carbocycles. The molecule has 100 valence electrons. The average molecular weight is 239 g/mol. The number of piperazine rings is 1. The lowest BCUT2D eigenvalue weighted by Gasteiger charge is -2.35. The fourth-order valence-corrected chi connectivity index (χ4v) is 2.91. The molecular formula is C14H29N3. The van der Waals surface area contributed by atoms with E-state index < -0.39 is 0 Å². The second-order valence-electron chi connectivity index (χ2n) is 5.64. The fourth-order valence-electron chi connectivity index (χ4n) is 2.91. The van der Waals surface area contributed by atoms with E-state index in [4.69, 9.17) is 0 Å². The maximum absolute atomic E-state index is 3.39. The minimum atomic E-state index is 0.725. The Labute approximate surface area is 107 Å². The Balaban J connectivity index is 1.54. The van der Waals surface area contributed by atoms with Crippen LogP contribution in [0.25, 0.3) is 0 Å². The van der Waals surface area contributed by atoms with E-state index in [9.17, 15) is 0 Å². The SMILES string of the molecule is CCC(CCCN1CCN(C2CC2)CC1)NC. The monoisotopic (exact) mass is 239 g/mol. The molecule has 1 atom stereocenters. The lowest BCUT2D eigenvalue weighted by molar-refractivity contribution is 0.124. The molecule has 1 saturated heterocycles. The van der Waals surface area contributed by atoms with Gasteiger partial charge in [0.1, 0.15) is 0 Å². The topological polar surface area (TPSA) is 18.5 Å². The molecule has 1 N–H and O–H groups in total. The quantitative estimate of drug-likeness (QED) is 0.727. The maximum Gasteiger partial charge on any atom is 0.0113 e. The highest BCUT2D eigenvalue weighted by Crippen LogP contribution is 2.27. The van der Waals surface area contributed by atoms with Gasteiger partial charge in [-0.25, -0.2) is 0 Å². The first kappa shape index (κ1) is 13.3. The van der Waals surface area contributed by atoms with Gasteiger partial charge in [0.2, 0.25) is 0 Å². The summed E-state index contributed by atoms with van der Waals surface area (Å²) >= 11 is 0. The summed E-state index contributed by atoms with van der Waals surface area (Å²) in [5.74, 6) is 0. The first-order valence-electron chi connectivity index (χ1n) is 7.47. The van der Waals surface area contributed by atoms with Gasteiger partial charge in [0.25, 0.3) is 0 Å². The van der Waals surface area contributed by atoms with Crippen molar-refractivity contribution in [1.29, 1.82) is 0 Å². The predicted molar refractivity (Wildman–Crippen MR) is 73.4 cm³/mol. The average Bonchev–Trinajstić information content (AvgIpc) is 3.20. The molecule has 3 heteroatoms. The van der Waals surface area contributed by atoms with Crippen LogP contribution in [0.4, 0.5) is 0 Å². The van der Waals surface area contributed by atoms with Gasteiger partial charge in [-0.05, 0) is 45.7 Å². The normalized spacial score (nSPS) is 25.1. The second-order valence-corrected chi connectivity index (χ2v) is 5.64. The van der Waals surface area contributed by atoms with E-state index in [0.717, 1.165) is 12.1 Å². The number of hydrogen-bond acceptors (Lipinski definition) is 3. The first-order valence-corrected chi connectivity index (χ1v) is 7.47. The molecule has 0 radical (unpaired) electrons. The summed E-state index contributed by atoms with van der Waals surface area (Å²) in [5, 5.41) is 3.39. The van der Waals surface area contributed by atoms with Crippen molar-refractivity contribution in [2.24, 2.45) is 0 Å². The van der Waals surface area contributed by atoms with Crippen LogP contribution >= 0.6 is 0 Å². The van der Waals surface area contributed by atoms with Gasteiger partial charge >= 0.3 is 0 Å². The van der Waals surface area contributed by atoms with Crippen molar-refractivity contribution < 1.29 is 0 Å². The standard InChI is InChI=1S/C14H29N3/c1-3-13(15-2)5-4-8-16-9-11-17(12-10-16)14-6-7-14/h13-15H,3-12H2,1-2H3. The molecule has 0 amide bonds. The van der Waals surface area contributed by atoms with Crippen molar-refractivity contribution >= 4 is 0 Å². The molecule has 1 aliphatic carbocycles. The largest absolute Gasteiger partial charge is 0.317 e. The van der Waals surface area contributed by atoms with Gasteiger partial charge in [0.05, 0.1) is 0 Å². The molecule has 1 saturated carbocycles. The Hall–Kier alpha value is -0.120. The van der Waals surface area contributed by atoms with Crippen molar-refractivity contribution in [3.05, 3.63) is 0 Å². The summed E-state index contributed by atoms with van der Waals surface area (Å²) in [5.41, 5.74) is 0. The van der Waals surface area contributed by atoms with Crippen molar-refractivity contribution in [3.63, 3.8) is 0 Å². The third-order valence-corrected chi connectivity index (χ3v) is 4.40. The third kappa shape index (κ3) is 4.23. The molecule has 1 heterocycles. The van der Waals surface area contributed by atoms with Gasteiger partial charge in [-0.3, -0.25) is 4.90 Å².